The van der Waals surface area contributed by atoms with Gasteiger partial charge >= 0.3 is 6.09 Å². The van der Waals surface area contributed by atoms with E-state index in [1.165, 1.54) is 24.0 Å². The van der Waals surface area contributed by atoms with Crippen LogP contribution in [0.2, 0.25) is 0 Å². The van der Waals surface area contributed by atoms with Crippen LogP contribution in [0, 0.1) is 5.82 Å². The van der Waals surface area contributed by atoms with Gasteiger partial charge in [0.1, 0.15) is 23.9 Å². The highest BCUT2D eigenvalue weighted by atomic mass is 19.1. The molecule has 1 aromatic carbocycles. The van der Waals surface area contributed by atoms with Crippen molar-refractivity contribution in [3.05, 3.63) is 47.3 Å². The molecule has 5 rings (SSSR count). The number of rotatable bonds is 7. The number of anilines is 2. The average Bonchev–Trinajstić information content (AvgIpc) is 2.97. The maximum atomic E-state index is 14.2. The van der Waals surface area contributed by atoms with Crippen molar-refractivity contribution in [2.24, 2.45) is 0 Å². The molecule has 0 unspecified atom stereocenters. The fourth-order valence-electron chi connectivity index (χ4n) is 6.56. The number of morpholine rings is 1. The summed E-state index contributed by atoms with van der Waals surface area (Å²) < 4.78 is 25.2. The molecule has 12 nitrogen and oxygen atoms in total. The minimum atomic E-state index is -0.966. The lowest BCUT2D eigenvalue weighted by Crippen LogP contribution is -2.65. The molecule has 45 heavy (non-hydrogen) atoms. The Bertz CT molecular complexity index is 1400. The Morgan fingerprint density at radius 3 is 2.33 bits per heavy atom. The van der Waals surface area contributed by atoms with E-state index < -0.39 is 6.09 Å². The van der Waals surface area contributed by atoms with Gasteiger partial charge in [-0.25, -0.2) is 9.18 Å². The summed E-state index contributed by atoms with van der Waals surface area (Å²) in [5.41, 5.74) is 1.96. The molecule has 3 aliphatic heterocycles. The molecule has 244 valence electrons. The molecule has 2 aromatic rings. The van der Waals surface area contributed by atoms with Crippen LogP contribution in [0.4, 0.5) is 20.7 Å². The third-order valence-electron chi connectivity index (χ3n) is 8.89. The van der Waals surface area contributed by atoms with Crippen LogP contribution >= 0.6 is 0 Å². The van der Waals surface area contributed by atoms with Crippen LogP contribution < -0.4 is 15.0 Å². The van der Waals surface area contributed by atoms with Crippen LogP contribution in [0.1, 0.15) is 45.7 Å². The topological polar surface area (TPSA) is 128 Å². The zero-order valence-corrected chi connectivity index (χ0v) is 26.5. The number of aromatic nitrogens is 1. The number of benzene rings is 1. The van der Waals surface area contributed by atoms with E-state index in [-0.39, 0.29) is 66.9 Å². The molecule has 0 spiro atoms. The number of ether oxygens (including phenoxy) is 2. The van der Waals surface area contributed by atoms with Gasteiger partial charge in [-0.3, -0.25) is 19.4 Å². The van der Waals surface area contributed by atoms with Gasteiger partial charge in [-0.1, -0.05) is 12.1 Å². The minimum Gasteiger partial charge on any atom is -0.474 e. The number of fused-ring (bicyclic) bond motifs is 1. The van der Waals surface area contributed by atoms with Crippen LogP contribution in [-0.2, 0) is 20.7 Å². The quantitative estimate of drug-likeness (QED) is 0.477. The zero-order chi connectivity index (χ0) is 32.4. The van der Waals surface area contributed by atoms with Crippen LogP contribution in [0.25, 0.3) is 0 Å². The van der Waals surface area contributed by atoms with Crippen molar-refractivity contribution in [3.8, 4) is 5.88 Å². The molecule has 13 heteroatoms. The second-order valence-corrected chi connectivity index (χ2v) is 12.5. The summed E-state index contributed by atoms with van der Waals surface area (Å²) in [5, 5.41) is 12.7. The van der Waals surface area contributed by atoms with Crippen molar-refractivity contribution in [2.45, 2.75) is 71.2 Å². The first-order chi connectivity index (χ1) is 21.4. The van der Waals surface area contributed by atoms with Gasteiger partial charge in [0.05, 0.1) is 25.8 Å². The SMILES string of the molecule is CC(=O)Nc1nc2c(cc1Cc1ccc(F)cc1)N(C(=O)CN1C[C@@H](C)N(C(=O)O)C[C@@H]1CN1[C@H](C)COC[C@H]1C)[C@@H](C)CO2. The van der Waals surface area contributed by atoms with Gasteiger partial charge in [-0.2, -0.15) is 4.98 Å². The summed E-state index contributed by atoms with van der Waals surface area (Å²) in [6.07, 6.45) is -0.619. The van der Waals surface area contributed by atoms with Crippen molar-refractivity contribution in [1.82, 2.24) is 19.7 Å². The Labute approximate surface area is 263 Å². The number of hydrogen-bond donors (Lipinski definition) is 2. The van der Waals surface area contributed by atoms with E-state index in [1.54, 1.807) is 17.0 Å². The first-order valence-corrected chi connectivity index (χ1v) is 15.5. The van der Waals surface area contributed by atoms with E-state index in [2.05, 4.69) is 33.9 Å². The molecule has 2 saturated heterocycles. The molecule has 0 bridgehead atoms. The third-order valence-corrected chi connectivity index (χ3v) is 8.89. The lowest BCUT2D eigenvalue weighted by Gasteiger charge is -2.48. The number of pyridine rings is 1. The Balaban J connectivity index is 1.43. The smallest absolute Gasteiger partial charge is 0.407 e. The van der Waals surface area contributed by atoms with Gasteiger partial charge < -0.3 is 29.7 Å². The Morgan fingerprint density at radius 1 is 1.00 bits per heavy atom. The van der Waals surface area contributed by atoms with Gasteiger partial charge in [0, 0.05) is 62.7 Å². The average molecular weight is 627 g/mol. The predicted octanol–water partition coefficient (Wildman–Crippen LogP) is 3.05. The number of nitrogens with zero attached hydrogens (tertiary/aromatic N) is 5. The molecule has 2 fully saturated rings. The molecular formula is C32H43FN6O6. The Hall–Kier alpha value is -3.81. The fourth-order valence-corrected chi connectivity index (χ4v) is 6.56. The van der Waals surface area contributed by atoms with Gasteiger partial charge in [-0.15, -0.1) is 0 Å². The first kappa shape index (κ1) is 32.6. The van der Waals surface area contributed by atoms with E-state index in [0.717, 1.165) is 5.56 Å². The molecule has 4 heterocycles. The fraction of sp³-hybridized carbons (Fsp3) is 0.562. The van der Waals surface area contributed by atoms with E-state index >= 15 is 0 Å². The lowest BCUT2D eigenvalue weighted by atomic mass is 10.0. The van der Waals surface area contributed by atoms with Gasteiger partial charge in [0.15, 0.2) is 0 Å². The molecule has 3 aliphatic rings. The predicted molar refractivity (Wildman–Crippen MR) is 166 cm³/mol. The molecular weight excluding hydrogens is 583 g/mol. The standard InChI is InChI=1S/C32H43FN6O6/c1-19-12-36(27(14-38(19)32(42)43)13-37-20(2)16-44-17-21(37)3)15-29(41)39-22(4)18-45-31-28(39)11-25(30(35-31)34-23(5)40)10-24-6-8-26(33)9-7-24/h6-9,11,19-22,27H,10,12-18H2,1-5H3,(H,42,43)(H,34,35,40)/t19-,20-,21-,22+,27+/m1/s1. The number of carbonyl (C=O) groups is 3. The second-order valence-electron chi connectivity index (χ2n) is 12.5. The third kappa shape index (κ3) is 7.37. The molecule has 1 aromatic heterocycles. The van der Waals surface area contributed by atoms with Gasteiger partial charge in [-0.05, 0) is 51.5 Å². The summed E-state index contributed by atoms with van der Waals surface area (Å²) in [6.45, 7) is 12.2. The summed E-state index contributed by atoms with van der Waals surface area (Å²) in [5.74, 6) is -0.246. The minimum absolute atomic E-state index is 0.0834. The number of halogens is 1. The Kier molecular flexibility index (Phi) is 9.90. The number of piperazine rings is 1. The van der Waals surface area contributed by atoms with E-state index in [4.69, 9.17) is 9.47 Å². The second kappa shape index (κ2) is 13.7. The van der Waals surface area contributed by atoms with Crippen molar-refractivity contribution in [3.63, 3.8) is 0 Å². The lowest BCUT2D eigenvalue weighted by molar-refractivity contribution is -0.122. The molecule has 3 amide bonds. The molecule has 0 saturated carbocycles. The highest BCUT2D eigenvalue weighted by Crippen LogP contribution is 2.37. The van der Waals surface area contributed by atoms with E-state index in [0.29, 0.717) is 56.3 Å². The summed E-state index contributed by atoms with van der Waals surface area (Å²) in [7, 11) is 0. The number of carbonyl (C=O) groups excluding carboxylic acids is 2. The van der Waals surface area contributed by atoms with Crippen molar-refractivity contribution in [2.75, 3.05) is 56.2 Å². The van der Waals surface area contributed by atoms with Crippen molar-refractivity contribution in [1.29, 1.82) is 0 Å². The number of nitrogens with one attached hydrogen (secondary N) is 1. The maximum Gasteiger partial charge on any atom is 0.407 e. The first-order valence-electron chi connectivity index (χ1n) is 15.5. The summed E-state index contributed by atoms with van der Waals surface area (Å²) in [6, 6.07) is 7.44. The normalized spacial score (nSPS) is 25.8. The molecule has 0 aliphatic carbocycles. The number of carboxylic acid groups (broad SMARTS) is 1. The number of amides is 3. The number of hydrogen-bond acceptors (Lipinski definition) is 8. The summed E-state index contributed by atoms with van der Waals surface area (Å²) >= 11 is 0. The molecule has 2 N–H and O–H groups in total. The van der Waals surface area contributed by atoms with Gasteiger partial charge in [0.25, 0.3) is 0 Å². The highest BCUT2D eigenvalue weighted by Gasteiger charge is 2.40. The monoisotopic (exact) mass is 626 g/mol. The Morgan fingerprint density at radius 2 is 1.69 bits per heavy atom. The van der Waals surface area contributed by atoms with Crippen LogP contribution in [0.15, 0.2) is 30.3 Å². The van der Waals surface area contributed by atoms with E-state index in [9.17, 15) is 23.9 Å². The largest absolute Gasteiger partial charge is 0.474 e. The van der Waals surface area contributed by atoms with Gasteiger partial charge in [0.2, 0.25) is 17.7 Å². The van der Waals surface area contributed by atoms with Crippen molar-refractivity contribution < 1.29 is 33.4 Å². The van der Waals surface area contributed by atoms with Crippen LogP contribution in [0.3, 0.4) is 0 Å². The maximum absolute atomic E-state index is 14.2. The van der Waals surface area contributed by atoms with E-state index in [1.807, 2.05) is 19.9 Å². The highest BCUT2D eigenvalue weighted by molar-refractivity contribution is 5.98. The zero-order valence-electron chi connectivity index (χ0n) is 26.5. The summed E-state index contributed by atoms with van der Waals surface area (Å²) in [4.78, 5) is 50.5. The molecule has 5 atom stereocenters. The van der Waals surface area contributed by atoms with Crippen LogP contribution in [-0.4, -0.2) is 119 Å². The molecule has 0 radical (unpaired) electrons. The van der Waals surface area contributed by atoms with Crippen LogP contribution in [0.5, 0.6) is 5.88 Å². The van der Waals surface area contributed by atoms with Crippen molar-refractivity contribution >= 4 is 29.4 Å².